The highest BCUT2D eigenvalue weighted by atomic mass is 19.1. The van der Waals surface area contributed by atoms with Gasteiger partial charge in [-0.3, -0.25) is 0 Å². The molecule has 0 radical (unpaired) electrons. The molecule has 1 fully saturated rings. The van der Waals surface area contributed by atoms with Crippen LogP contribution in [-0.2, 0) is 0 Å². The van der Waals surface area contributed by atoms with E-state index in [0.717, 1.165) is 5.82 Å². The second kappa shape index (κ2) is 3.56. The molecule has 0 bridgehead atoms. The summed E-state index contributed by atoms with van der Waals surface area (Å²) < 4.78 is 13.0. The van der Waals surface area contributed by atoms with E-state index < -0.39 is 6.17 Å². The van der Waals surface area contributed by atoms with Gasteiger partial charge in [-0.25, -0.2) is 9.37 Å². The van der Waals surface area contributed by atoms with Crippen LogP contribution in [0.25, 0.3) is 0 Å². The van der Waals surface area contributed by atoms with Crippen molar-refractivity contribution in [3.05, 3.63) is 24.4 Å². The third-order valence-corrected chi connectivity index (χ3v) is 2.51. The van der Waals surface area contributed by atoms with Crippen molar-refractivity contribution in [3.8, 4) is 0 Å². The summed E-state index contributed by atoms with van der Waals surface area (Å²) in [6, 6.07) is 6.10. The summed E-state index contributed by atoms with van der Waals surface area (Å²) in [5, 5.41) is 0. The van der Waals surface area contributed by atoms with Gasteiger partial charge >= 0.3 is 0 Å². The fourth-order valence-corrected chi connectivity index (χ4v) is 1.76. The van der Waals surface area contributed by atoms with Crippen molar-refractivity contribution >= 4 is 5.82 Å². The van der Waals surface area contributed by atoms with Gasteiger partial charge in [-0.2, -0.15) is 0 Å². The van der Waals surface area contributed by atoms with Gasteiger partial charge in [0.25, 0.3) is 0 Å². The minimum atomic E-state index is -0.667. The number of rotatable bonds is 3. The highest BCUT2D eigenvalue weighted by Crippen LogP contribution is 2.35. The quantitative estimate of drug-likeness (QED) is 0.734. The number of halogens is 1. The van der Waals surface area contributed by atoms with Crippen LogP contribution in [0.4, 0.5) is 10.2 Å². The van der Waals surface area contributed by atoms with Crippen molar-refractivity contribution in [1.29, 1.82) is 0 Å². The zero-order valence-corrected chi connectivity index (χ0v) is 8.52. The summed E-state index contributed by atoms with van der Waals surface area (Å²) >= 11 is 0. The van der Waals surface area contributed by atoms with Gasteiger partial charge in [-0.05, 0) is 26.0 Å². The first-order valence-corrected chi connectivity index (χ1v) is 5.03. The highest BCUT2D eigenvalue weighted by molar-refractivity contribution is 5.43. The lowest BCUT2D eigenvalue weighted by molar-refractivity contribution is 0.453. The lowest BCUT2D eigenvalue weighted by Gasteiger charge is -2.27. The Kier molecular flexibility index (Phi) is 2.40. The van der Waals surface area contributed by atoms with Crippen molar-refractivity contribution in [2.45, 2.75) is 38.5 Å². The van der Waals surface area contributed by atoms with Gasteiger partial charge in [0.05, 0.1) is 6.04 Å². The standard InChI is InChI=1S/C11H15FN2/c1-8(2)14(10-7-9(10)12)11-5-3-4-6-13-11/h3-6,8-10H,7H2,1-2H3/t9-,10-/m0/s1. The van der Waals surface area contributed by atoms with E-state index in [1.165, 1.54) is 0 Å². The van der Waals surface area contributed by atoms with Gasteiger partial charge in [0.2, 0.25) is 0 Å². The van der Waals surface area contributed by atoms with Crippen LogP contribution < -0.4 is 4.90 Å². The predicted octanol–water partition coefficient (Wildman–Crippen LogP) is 2.41. The van der Waals surface area contributed by atoms with Gasteiger partial charge < -0.3 is 4.90 Å². The monoisotopic (exact) mass is 194 g/mol. The van der Waals surface area contributed by atoms with Crippen LogP contribution in [-0.4, -0.2) is 23.2 Å². The summed E-state index contributed by atoms with van der Waals surface area (Å²) in [4.78, 5) is 6.32. The van der Waals surface area contributed by atoms with E-state index in [1.54, 1.807) is 6.20 Å². The Balaban J connectivity index is 2.19. The molecule has 0 aromatic carbocycles. The number of hydrogen-bond donors (Lipinski definition) is 0. The second-order valence-electron chi connectivity index (χ2n) is 4.01. The molecule has 0 amide bonds. The first-order valence-electron chi connectivity index (χ1n) is 5.03. The molecule has 1 aromatic rings. The van der Waals surface area contributed by atoms with E-state index in [2.05, 4.69) is 23.7 Å². The molecular weight excluding hydrogens is 179 g/mol. The molecule has 1 aromatic heterocycles. The Morgan fingerprint density at radius 1 is 1.50 bits per heavy atom. The maximum absolute atomic E-state index is 13.0. The first kappa shape index (κ1) is 9.44. The van der Waals surface area contributed by atoms with Crippen LogP contribution in [0.3, 0.4) is 0 Å². The van der Waals surface area contributed by atoms with E-state index in [0.29, 0.717) is 12.5 Å². The average molecular weight is 194 g/mol. The minimum absolute atomic E-state index is 0.0462. The number of anilines is 1. The predicted molar refractivity (Wildman–Crippen MR) is 55.2 cm³/mol. The third-order valence-electron chi connectivity index (χ3n) is 2.51. The molecule has 76 valence electrons. The fraction of sp³-hybridized carbons (Fsp3) is 0.545. The van der Waals surface area contributed by atoms with Gasteiger partial charge in [0.1, 0.15) is 12.0 Å². The fourth-order valence-electron chi connectivity index (χ4n) is 1.76. The summed E-state index contributed by atoms with van der Waals surface area (Å²) in [6.45, 7) is 4.14. The normalized spacial score (nSPS) is 25.1. The Morgan fingerprint density at radius 3 is 2.64 bits per heavy atom. The van der Waals surface area contributed by atoms with Crippen molar-refractivity contribution in [2.24, 2.45) is 0 Å². The lowest BCUT2D eigenvalue weighted by atomic mass is 10.3. The molecule has 0 N–H and O–H groups in total. The number of alkyl halides is 1. The minimum Gasteiger partial charge on any atom is -0.348 e. The lowest BCUT2D eigenvalue weighted by Crippen LogP contribution is -2.34. The van der Waals surface area contributed by atoms with Crippen LogP contribution in [0.1, 0.15) is 20.3 Å². The number of hydrogen-bond acceptors (Lipinski definition) is 2. The van der Waals surface area contributed by atoms with Gasteiger partial charge in [-0.1, -0.05) is 6.07 Å². The highest BCUT2D eigenvalue weighted by Gasteiger charge is 2.43. The Hall–Kier alpha value is -1.12. The van der Waals surface area contributed by atoms with Crippen LogP contribution in [0.5, 0.6) is 0 Å². The maximum atomic E-state index is 13.0. The molecule has 2 nitrogen and oxygen atoms in total. The average Bonchev–Trinajstić information content (AvgIpc) is 2.84. The zero-order chi connectivity index (χ0) is 10.1. The largest absolute Gasteiger partial charge is 0.348 e. The Bertz CT molecular complexity index is 299. The van der Waals surface area contributed by atoms with Crippen molar-refractivity contribution in [3.63, 3.8) is 0 Å². The topological polar surface area (TPSA) is 16.1 Å². The Morgan fingerprint density at radius 2 is 2.21 bits per heavy atom. The molecule has 0 spiro atoms. The smallest absolute Gasteiger partial charge is 0.129 e. The number of pyridine rings is 1. The summed E-state index contributed by atoms with van der Waals surface area (Å²) in [7, 11) is 0. The van der Waals surface area contributed by atoms with E-state index in [-0.39, 0.29) is 6.04 Å². The molecule has 3 heteroatoms. The molecule has 0 aliphatic heterocycles. The van der Waals surface area contributed by atoms with Crippen LogP contribution in [0, 0.1) is 0 Å². The third kappa shape index (κ3) is 1.72. The second-order valence-corrected chi connectivity index (χ2v) is 4.01. The molecule has 1 aliphatic rings. The molecule has 1 aliphatic carbocycles. The molecule has 2 rings (SSSR count). The molecule has 0 unspecified atom stereocenters. The van der Waals surface area contributed by atoms with E-state index >= 15 is 0 Å². The number of nitrogens with zero attached hydrogens (tertiary/aromatic N) is 2. The Labute approximate surface area is 83.8 Å². The van der Waals surface area contributed by atoms with Crippen molar-refractivity contribution < 1.29 is 4.39 Å². The van der Waals surface area contributed by atoms with E-state index in [9.17, 15) is 4.39 Å². The molecule has 2 atom stereocenters. The summed E-state index contributed by atoms with van der Waals surface area (Å²) in [6.07, 6.45) is 1.73. The molecule has 1 heterocycles. The van der Waals surface area contributed by atoms with Gasteiger partial charge in [-0.15, -0.1) is 0 Å². The number of aromatic nitrogens is 1. The van der Waals surface area contributed by atoms with E-state index in [1.807, 2.05) is 18.2 Å². The SMILES string of the molecule is CC(C)N(c1ccccn1)[C@H]1C[C@@H]1F. The van der Waals surface area contributed by atoms with Crippen LogP contribution in [0.2, 0.25) is 0 Å². The summed E-state index contributed by atoms with van der Waals surface area (Å²) in [5.41, 5.74) is 0. The summed E-state index contributed by atoms with van der Waals surface area (Å²) in [5.74, 6) is 0.882. The van der Waals surface area contributed by atoms with Gasteiger partial charge in [0, 0.05) is 18.7 Å². The zero-order valence-electron chi connectivity index (χ0n) is 8.52. The maximum Gasteiger partial charge on any atom is 0.129 e. The van der Waals surface area contributed by atoms with Crippen molar-refractivity contribution in [1.82, 2.24) is 4.98 Å². The molecule has 14 heavy (non-hydrogen) atoms. The van der Waals surface area contributed by atoms with Gasteiger partial charge in [0.15, 0.2) is 0 Å². The van der Waals surface area contributed by atoms with E-state index in [4.69, 9.17) is 0 Å². The molecular formula is C11H15FN2. The molecule has 1 saturated carbocycles. The van der Waals surface area contributed by atoms with Crippen LogP contribution in [0.15, 0.2) is 24.4 Å². The first-order chi connectivity index (χ1) is 6.70. The molecule has 0 saturated heterocycles. The van der Waals surface area contributed by atoms with Crippen molar-refractivity contribution in [2.75, 3.05) is 4.90 Å². The van der Waals surface area contributed by atoms with Crippen LogP contribution >= 0.6 is 0 Å².